The van der Waals surface area contributed by atoms with Crippen LogP contribution in [0, 0.1) is 0 Å². The Labute approximate surface area is 167 Å². The number of carbonyl (C=O) groups is 1. The van der Waals surface area contributed by atoms with Crippen LogP contribution in [0.5, 0.6) is 0 Å². The number of hydrogen-bond donors (Lipinski definition) is 1. The lowest BCUT2D eigenvalue weighted by molar-refractivity contribution is -0.147. The Balaban J connectivity index is 1.74. The second kappa shape index (κ2) is 7.53. The van der Waals surface area contributed by atoms with Gasteiger partial charge in [0.25, 0.3) is 10.0 Å². The monoisotopic (exact) mass is 454 g/mol. The van der Waals surface area contributed by atoms with Gasteiger partial charge in [-0.3, -0.25) is 9.36 Å². The molecule has 0 bridgehead atoms. The molecule has 1 aliphatic heterocycles. The van der Waals surface area contributed by atoms with Crippen molar-refractivity contribution in [2.24, 2.45) is 7.05 Å². The van der Waals surface area contributed by atoms with Crippen LogP contribution in [0.25, 0.3) is 0 Å². The molecule has 0 aliphatic carbocycles. The number of anilines is 1. The molecular formula is C14H17F3N6O4S2. The molecule has 160 valence electrons. The van der Waals surface area contributed by atoms with Crippen LogP contribution >= 0.6 is 11.3 Å². The third-order valence-electron chi connectivity index (χ3n) is 4.39. The number of sulfonamides is 1. The van der Waals surface area contributed by atoms with Crippen LogP contribution in [-0.4, -0.2) is 51.1 Å². The smallest absolute Gasteiger partial charge is 0.302 e. The summed E-state index contributed by atoms with van der Waals surface area (Å²) < 4.78 is 66.6. The van der Waals surface area contributed by atoms with Gasteiger partial charge in [-0.05, 0) is 12.8 Å². The van der Waals surface area contributed by atoms with E-state index in [-0.39, 0.29) is 41.2 Å². The molecule has 15 heteroatoms. The summed E-state index contributed by atoms with van der Waals surface area (Å²) in [7, 11) is -2.88. The van der Waals surface area contributed by atoms with Crippen molar-refractivity contribution < 1.29 is 26.4 Å². The zero-order chi connectivity index (χ0) is 21.6. The molecule has 10 nitrogen and oxygen atoms in total. The van der Waals surface area contributed by atoms with Crippen molar-refractivity contribution in [3.8, 4) is 0 Å². The first-order valence-corrected chi connectivity index (χ1v) is 10.6. The predicted octanol–water partition coefficient (Wildman–Crippen LogP) is 1.04. The Morgan fingerprint density at radius 2 is 1.93 bits per heavy atom. The molecule has 0 saturated carbocycles. The molecule has 0 radical (unpaired) electrons. The highest BCUT2D eigenvalue weighted by Crippen LogP contribution is 2.31. The summed E-state index contributed by atoms with van der Waals surface area (Å²) in [5.74, 6) is -1.68. The lowest BCUT2D eigenvalue weighted by Gasteiger charge is -2.30. The number of nitrogens with zero attached hydrogens (tertiary/aromatic N) is 5. The summed E-state index contributed by atoms with van der Waals surface area (Å²) in [4.78, 5) is 27.0. The minimum atomic E-state index is -4.76. The molecule has 2 aromatic rings. The molecule has 0 unspecified atom stereocenters. The normalized spacial score (nSPS) is 16.9. The summed E-state index contributed by atoms with van der Waals surface area (Å²) in [6.07, 6.45) is -3.37. The fourth-order valence-corrected chi connectivity index (χ4v) is 5.68. The van der Waals surface area contributed by atoms with E-state index >= 15 is 0 Å². The van der Waals surface area contributed by atoms with E-state index in [1.54, 1.807) is 0 Å². The maximum Gasteiger partial charge on any atom is 0.451 e. The van der Waals surface area contributed by atoms with Crippen molar-refractivity contribution in [1.29, 1.82) is 0 Å². The number of amides is 1. The Morgan fingerprint density at radius 1 is 1.31 bits per heavy atom. The second-order valence-electron chi connectivity index (χ2n) is 6.41. The second-order valence-corrected chi connectivity index (χ2v) is 9.60. The molecule has 2 aromatic heterocycles. The van der Waals surface area contributed by atoms with Crippen molar-refractivity contribution in [2.45, 2.75) is 36.2 Å². The Bertz CT molecular complexity index is 1080. The van der Waals surface area contributed by atoms with Crippen LogP contribution in [0.3, 0.4) is 0 Å². The molecule has 29 heavy (non-hydrogen) atoms. The lowest BCUT2D eigenvalue weighted by atomic mass is 10.1. The molecule has 0 atom stereocenters. The van der Waals surface area contributed by atoms with Crippen molar-refractivity contribution in [3.63, 3.8) is 0 Å². The predicted molar refractivity (Wildman–Crippen MR) is 95.9 cm³/mol. The lowest BCUT2D eigenvalue weighted by Crippen LogP contribution is -2.40. The van der Waals surface area contributed by atoms with Gasteiger partial charge >= 0.3 is 11.9 Å². The van der Waals surface area contributed by atoms with Gasteiger partial charge in [0, 0.05) is 27.1 Å². The average molecular weight is 454 g/mol. The number of alkyl halides is 3. The van der Waals surface area contributed by atoms with Crippen molar-refractivity contribution in [1.82, 2.24) is 23.6 Å². The van der Waals surface area contributed by atoms with E-state index in [9.17, 15) is 31.2 Å². The van der Waals surface area contributed by atoms with Crippen LogP contribution < -0.4 is 11.0 Å². The third kappa shape index (κ3) is 4.20. The van der Waals surface area contributed by atoms with Gasteiger partial charge in [0.1, 0.15) is 0 Å². The van der Waals surface area contributed by atoms with Gasteiger partial charge in [-0.1, -0.05) is 11.3 Å². The molecule has 3 heterocycles. The summed E-state index contributed by atoms with van der Waals surface area (Å²) >= 11 is 0.801. The maximum absolute atomic E-state index is 12.9. The number of carbonyl (C=O) groups excluding carboxylic acids is 1. The van der Waals surface area contributed by atoms with Crippen LogP contribution in [0.15, 0.2) is 15.2 Å². The zero-order valence-electron chi connectivity index (χ0n) is 15.3. The van der Waals surface area contributed by atoms with Gasteiger partial charge in [0.15, 0.2) is 9.34 Å². The Hall–Kier alpha value is -2.26. The van der Waals surface area contributed by atoms with Crippen LogP contribution in [0.2, 0.25) is 0 Å². The first-order chi connectivity index (χ1) is 13.4. The van der Waals surface area contributed by atoms with E-state index in [1.165, 1.54) is 11.2 Å². The van der Waals surface area contributed by atoms with Gasteiger partial charge in [0.2, 0.25) is 11.7 Å². The molecule has 0 aromatic carbocycles. The maximum atomic E-state index is 12.9. The van der Waals surface area contributed by atoms with E-state index in [4.69, 9.17) is 0 Å². The molecule has 1 saturated heterocycles. The number of nitrogens with one attached hydrogen (secondary N) is 1. The minimum absolute atomic E-state index is 0.00470. The van der Waals surface area contributed by atoms with Crippen LogP contribution in [-0.2, 0) is 28.0 Å². The summed E-state index contributed by atoms with van der Waals surface area (Å²) in [5.41, 5.74) is -0.902. The van der Waals surface area contributed by atoms with Crippen molar-refractivity contribution in [2.75, 3.05) is 18.4 Å². The highest BCUT2D eigenvalue weighted by atomic mass is 32.2. The number of hydrogen-bond acceptors (Lipinski definition) is 7. The van der Waals surface area contributed by atoms with E-state index in [2.05, 4.69) is 15.4 Å². The first-order valence-electron chi connectivity index (χ1n) is 8.37. The zero-order valence-corrected chi connectivity index (χ0v) is 16.9. The topological polar surface area (TPSA) is 119 Å². The number of rotatable bonds is 4. The molecule has 0 spiro atoms. The van der Waals surface area contributed by atoms with Crippen molar-refractivity contribution >= 4 is 32.4 Å². The molecule has 1 N–H and O–H groups in total. The largest absolute Gasteiger partial charge is 0.451 e. The Kier molecular flexibility index (Phi) is 5.57. The number of piperidine rings is 1. The van der Waals surface area contributed by atoms with Gasteiger partial charge in [-0.25, -0.2) is 22.9 Å². The van der Waals surface area contributed by atoms with Gasteiger partial charge in [-0.2, -0.15) is 17.5 Å². The summed E-state index contributed by atoms with van der Waals surface area (Å²) in [6.45, 7) is 1.28. The van der Waals surface area contributed by atoms with E-state index < -0.39 is 33.8 Å². The SMILES string of the molecule is CC(=O)Nc1ncc(S(=O)(=O)N2CCC(n3nc(C(F)(F)F)n(C)c3=O)CC2)s1. The van der Waals surface area contributed by atoms with E-state index in [1.807, 2.05) is 0 Å². The molecule has 1 fully saturated rings. The molecular weight excluding hydrogens is 437 g/mol. The molecule has 1 amide bonds. The third-order valence-corrected chi connectivity index (χ3v) is 7.64. The van der Waals surface area contributed by atoms with Crippen LogP contribution in [0.1, 0.15) is 31.6 Å². The van der Waals surface area contributed by atoms with Crippen molar-refractivity contribution in [3.05, 3.63) is 22.5 Å². The first kappa shape index (κ1) is 21.4. The standard InChI is InChI=1S/C14H17F3N6O4S2/c1-8(24)19-12-18-7-10(28-12)29(26,27)22-5-3-9(4-6-22)23-13(25)21(2)11(20-23)14(15,16)17/h7,9H,3-6H2,1-2H3,(H,18,19,24). The quantitative estimate of drug-likeness (QED) is 0.737. The minimum Gasteiger partial charge on any atom is -0.302 e. The Morgan fingerprint density at radius 3 is 2.45 bits per heavy atom. The van der Waals surface area contributed by atoms with Gasteiger partial charge in [0.05, 0.1) is 12.2 Å². The van der Waals surface area contributed by atoms with E-state index in [0.717, 1.165) is 29.3 Å². The number of aromatic nitrogens is 4. The van der Waals surface area contributed by atoms with Gasteiger partial charge in [-0.15, -0.1) is 5.10 Å². The highest BCUT2D eigenvalue weighted by Gasteiger charge is 2.39. The average Bonchev–Trinajstić information content (AvgIpc) is 3.20. The summed E-state index contributed by atoms with van der Waals surface area (Å²) in [5, 5.41) is 5.95. The van der Waals surface area contributed by atoms with E-state index in [0.29, 0.717) is 4.57 Å². The summed E-state index contributed by atoms with van der Waals surface area (Å²) in [6, 6.07) is -0.646. The fraction of sp³-hybridized carbons (Fsp3) is 0.571. The molecule has 1 aliphatic rings. The fourth-order valence-electron chi connectivity index (χ4n) is 2.98. The number of halogens is 3. The highest BCUT2D eigenvalue weighted by molar-refractivity contribution is 7.91. The van der Waals surface area contributed by atoms with Gasteiger partial charge < -0.3 is 5.32 Å². The molecule has 3 rings (SSSR count). The van der Waals surface area contributed by atoms with Crippen LogP contribution in [0.4, 0.5) is 18.3 Å². The number of thiazole rings is 1.